The number of thiazole rings is 1. The molecule has 0 saturated heterocycles. The summed E-state index contributed by atoms with van der Waals surface area (Å²) in [5.41, 5.74) is 1.15. The molecule has 1 aliphatic carbocycles. The lowest BCUT2D eigenvalue weighted by atomic mass is 9.86. The average molecular weight is 664 g/mol. The fraction of sp³-hybridized carbons (Fsp3) is 0.586. The van der Waals surface area contributed by atoms with E-state index in [-0.39, 0.29) is 35.6 Å². The van der Waals surface area contributed by atoms with E-state index in [1.165, 1.54) is 11.3 Å². The van der Waals surface area contributed by atoms with Crippen LogP contribution in [0, 0.1) is 0 Å². The maximum Gasteiger partial charge on any atom is 0.407 e. The normalized spacial score (nSPS) is 17.5. The Morgan fingerprint density at radius 3 is 2.61 bits per heavy atom. The minimum absolute atomic E-state index is 0.0800. The van der Waals surface area contributed by atoms with Crippen molar-refractivity contribution in [1.82, 2.24) is 29.8 Å². The molecular formula is C29H45N7O5S2Si. The Morgan fingerprint density at radius 2 is 1.93 bits per heavy atom. The third kappa shape index (κ3) is 9.57. The lowest BCUT2D eigenvalue weighted by Crippen LogP contribution is -2.38. The van der Waals surface area contributed by atoms with E-state index in [9.17, 15) is 13.2 Å². The van der Waals surface area contributed by atoms with Gasteiger partial charge in [-0.3, -0.25) is 4.57 Å². The van der Waals surface area contributed by atoms with E-state index in [0.717, 1.165) is 41.6 Å². The number of alkyl carbamates (subject to hydrolysis) is 1. The number of aromatic nitrogens is 4. The van der Waals surface area contributed by atoms with Crippen LogP contribution in [0.5, 0.6) is 0 Å². The molecule has 15 heteroatoms. The van der Waals surface area contributed by atoms with Gasteiger partial charge in [0, 0.05) is 50.6 Å². The molecular weight excluding hydrogens is 619 g/mol. The van der Waals surface area contributed by atoms with Gasteiger partial charge in [-0.15, -0.1) is 21.5 Å². The number of nitrogens with zero attached hydrogens (tertiary/aromatic N) is 4. The third-order valence-corrected chi connectivity index (χ3v) is 11.7. The molecule has 1 amide bonds. The van der Waals surface area contributed by atoms with Crippen LogP contribution in [0.25, 0.3) is 10.4 Å². The van der Waals surface area contributed by atoms with Crippen molar-refractivity contribution in [3.63, 3.8) is 0 Å². The van der Waals surface area contributed by atoms with Crippen molar-refractivity contribution in [2.75, 3.05) is 18.5 Å². The van der Waals surface area contributed by atoms with Crippen LogP contribution in [-0.2, 0) is 26.2 Å². The van der Waals surface area contributed by atoms with Crippen molar-refractivity contribution in [1.29, 1.82) is 0 Å². The molecule has 0 radical (unpaired) electrons. The van der Waals surface area contributed by atoms with E-state index in [0.29, 0.717) is 30.5 Å². The quantitative estimate of drug-likeness (QED) is 0.141. The molecule has 3 N–H and O–H groups in total. The molecule has 0 bridgehead atoms. The number of amides is 1. The minimum atomic E-state index is -3.80. The van der Waals surface area contributed by atoms with Crippen LogP contribution in [-0.4, -0.2) is 67.6 Å². The number of nitrogens with one attached hydrogen (secondary N) is 3. The summed E-state index contributed by atoms with van der Waals surface area (Å²) in [7, 11) is -5.01. The summed E-state index contributed by atoms with van der Waals surface area (Å²) in [6.07, 6.45) is 6.24. The number of ether oxygens (including phenoxy) is 2. The summed E-state index contributed by atoms with van der Waals surface area (Å²) in [5, 5.41) is 15.3. The van der Waals surface area contributed by atoms with E-state index in [2.05, 4.69) is 45.2 Å². The molecule has 2 heterocycles. The monoisotopic (exact) mass is 663 g/mol. The van der Waals surface area contributed by atoms with Crippen LogP contribution >= 0.6 is 11.3 Å². The Kier molecular flexibility index (Phi) is 11.6. The Balaban J connectivity index is 1.48. The second-order valence-electron chi connectivity index (χ2n) is 12.5. The second kappa shape index (κ2) is 15.0. The van der Waals surface area contributed by atoms with Crippen LogP contribution < -0.4 is 15.4 Å². The highest BCUT2D eigenvalue weighted by molar-refractivity contribution is 7.89. The molecule has 0 unspecified atom stereocenters. The summed E-state index contributed by atoms with van der Waals surface area (Å²) in [4.78, 5) is 17.6. The fourth-order valence-corrected chi connectivity index (χ4v) is 8.14. The molecule has 1 aliphatic rings. The van der Waals surface area contributed by atoms with Gasteiger partial charge < -0.3 is 20.1 Å². The van der Waals surface area contributed by atoms with Crippen LogP contribution in [0.1, 0.15) is 57.4 Å². The second-order valence-corrected chi connectivity index (χ2v) is 20.9. The minimum Gasteiger partial charge on any atom is -0.447 e. The van der Waals surface area contributed by atoms with Crippen molar-refractivity contribution in [2.45, 2.75) is 102 Å². The zero-order valence-corrected chi connectivity index (χ0v) is 29.1. The molecule has 0 atom stereocenters. The van der Waals surface area contributed by atoms with Crippen molar-refractivity contribution in [3.05, 3.63) is 35.7 Å². The van der Waals surface area contributed by atoms with Gasteiger partial charge in [0.2, 0.25) is 16.0 Å². The van der Waals surface area contributed by atoms with E-state index < -0.39 is 18.1 Å². The standard InChI is InChI=1S/C29H45N7O5S2Si/c1-7-32-43(38,39)26-16-23(33-28-35-31-18-36(28)19-40-14-15-44(4,5)6)12-13-24(26)25-17-30-27(42-25)21-8-10-22(11-9-21)34-29(37)41-20(2)3/h12-13,16-18,20-22,32H,7-11,14-15,19H2,1-6H3,(H,33,35)(H,34,37). The van der Waals surface area contributed by atoms with Crippen molar-refractivity contribution >= 4 is 47.2 Å². The zero-order valence-electron chi connectivity index (χ0n) is 26.4. The molecule has 1 fully saturated rings. The van der Waals surface area contributed by atoms with Crippen LogP contribution in [0.3, 0.4) is 0 Å². The number of anilines is 2. The highest BCUT2D eigenvalue weighted by atomic mass is 32.2. The van der Waals surface area contributed by atoms with Gasteiger partial charge in [0.25, 0.3) is 0 Å². The van der Waals surface area contributed by atoms with Gasteiger partial charge in [0.1, 0.15) is 13.1 Å². The Hall–Kier alpha value is -2.85. The fourth-order valence-electron chi connectivity index (χ4n) is 4.91. The number of carbonyl (C=O) groups excluding carboxylic acids is 1. The summed E-state index contributed by atoms with van der Waals surface area (Å²) in [6.45, 7) is 13.5. The number of sulfonamides is 1. The average Bonchev–Trinajstić information content (AvgIpc) is 3.61. The Morgan fingerprint density at radius 1 is 1.18 bits per heavy atom. The van der Waals surface area contributed by atoms with Gasteiger partial charge in [-0.25, -0.2) is 22.9 Å². The first kappa shape index (κ1) is 34.0. The van der Waals surface area contributed by atoms with Gasteiger partial charge in [-0.05, 0) is 57.7 Å². The molecule has 3 aromatic rings. The maximum absolute atomic E-state index is 13.4. The van der Waals surface area contributed by atoms with Gasteiger partial charge in [-0.1, -0.05) is 32.6 Å². The number of hydrogen-bond donors (Lipinski definition) is 3. The van der Waals surface area contributed by atoms with E-state index in [1.54, 1.807) is 36.1 Å². The van der Waals surface area contributed by atoms with Gasteiger partial charge in [0.05, 0.1) is 20.9 Å². The molecule has 2 aromatic heterocycles. The lowest BCUT2D eigenvalue weighted by molar-refractivity contribution is 0.0883. The first-order chi connectivity index (χ1) is 20.8. The van der Waals surface area contributed by atoms with E-state index >= 15 is 0 Å². The Bertz CT molecular complexity index is 1500. The first-order valence-corrected chi connectivity index (χ1v) is 21.1. The molecule has 4 rings (SSSR count). The van der Waals surface area contributed by atoms with Crippen molar-refractivity contribution < 1.29 is 22.7 Å². The highest BCUT2D eigenvalue weighted by Crippen LogP contribution is 2.40. The summed E-state index contributed by atoms with van der Waals surface area (Å²) < 4.78 is 42.2. The molecule has 44 heavy (non-hydrogen) atoms. The number of rotatable bonds is 14. The van der Waals surface area contributed by atoms with E-state index in [1.807, 2.05) is 19.9 Å². The van der Waals surface area contributed by atoms with Crippen LogP contribution in [0.4, 0.5) is 16.4 Å². The predicted molar refractivity (Wildman–Crippen MR) is 176 cm³/mol. The maximum atomic E-state index is 13.4. The predicted octanol–water partition coefficient (Wildman–Crippen LogP) is 5.92. The van der Waals surface area contributed by atoms with Crippen LogP contribution in [0.15, 0.2) is 35.6 Å². The van der Waals surface area contributed by atoms with Gasteiger partial charge in [0.15, 0.2) is 0 Å². The zero-order chi connectivity index (χ0) is 31.9. The third-order valence-electron chi connectivity index (χ3n) is 7.23. The van der Waals surface area contributed by atoms with Crippen LogP contribution in [0.2, 0.25) is 25.7 Å². The molecule has 0 aliphatic heterocycles. The molecule has 1 saturated carbocycles. The SMILES string of the molecule is CCNS(=O)(=O)c1cc(Nc2nncn2COCC[Si](C)(C)C)ccc1-c1cnc(C2CCC(NC(=O)OC(C)C)CC2)s1. The lowest BCUT2D eigenvalue weighted by Gasteiger charge is -2.28. The number of carbonyl (C=O) groups is 1. The molecule has 0 spiro atoms. The highest BCUT2D eigenvalue weighted by Gasteiger charge is 2.27. The first-order valence-electron chi connectivity index (χ1n) is 15.1. The summed E-state index contributed by atoms with van der Waals surface area (Å²) in [5.74, 6) is 0.710. The smallest absolute Gasteiger partial charge is 0.407 e. The van der Waals surface area contributed by atoms with Gasteiger partial charge in [-0.2, -0.15) is 0 Å². The summed E-state index contributed by atoms with van der Waals surface area (Å²) >= 11 is 1.51. The Labute approximate surface area is 265 Å². The molecule has 242 valence electrons. The van der Waals surface area contributed by atoms with Crippen molar-refractivity contribution in [3.8, 4) is 10.4 Å². The van der Waals surface area contributed by atoms with Gasteiger partial charge >= 0.3 is 6.09 Å². The largest absolute Gasteiger partial charge is 0.447 e. The number of benzene rings is 1. The summed E-state index contributed by atoms with van der Waals surface area (Å²) in [6, 6.07) is 6.38. The molecule has 12 nitrogen and oxygen atoms in total. The molecule has 1 aromatic carbocycles. The topological polar surface area (TPSA) is 149 Å². The van der Waals surface area contributed by atoms with Crippen molar-refractivity contribution in [2.24, 2.45) is 0 Å². The number of hydrogen-bond acceptors (Lipinski definition) is 10. The van der Waals surface area contributed by atoms with E-state index in [4.69, 9.17) is 14.5 Å².